The van der Waals surface area contributed by atoms with Crippen molar-refractivity contribution in [2.24, 2.45) is 0 Å². The molecule has 2 aromatic rings. The van der Waals surface area contributed by atoms with E-state index in [0.29, 0.717) is 5.88 Å². The van der Waals surface area contributed by atoms with Gasteiger partial charge < -0.3 is 5.11 Å². The first kappa shape index (κ1) is 10.3. The highest BCUT2D eigenvalue weighted by Crippen LogP contribution is 2.33. The Labute approximate surface area is 96.7 Å². The van der Waals surface area contributed by atoms with Gasteiger partial charge in [0.25, 0.3) is 0 Å². The van der Waals surface area contributed by atoms with Crippen LogP contribution in [0.4, 0.5) is 0 Å². The van der Waals surface area contributed by atoms with Gasteiger partial charge in [0, 0.05) is 25.7 Å². The first-order valence-corrected chi connectivity index (χ1v) is 5.96. The number of aliphatic hydroxyl groups excluding tert-OH is 1. The highest BCUT2D eigenvalue weighted by atomic mass is 35.5. The van der Waals surface area contributed by atoms with E-state index in [2.05, 4.69) is 12.6 Å². The van der Waals surface area contributed by atoms with Crippen molar-refractivity contribution in [1.82, 2.24) is 0 Å². The molecule has 1 aromatic carbocycles. The molecule has 0 atom stereocenters. The van der Waals surface area contributed by atoms with Crippen LogP contribution in [-0.2, 0) is 12.5 Å². The van der Waals surface area contributed by atoms with Crippen molar-refractivity contribution < 1.29 is 5.11 Å². The van der Waals surface area contributed by atoms with Crippen molar-refractivity contribution in [3.8, 4) is 0 Å². The van der Waals surface area contributed by atoms with Crippen LogP contribution >= 0.6 is 35.6 Å². The molecule has 0 saturated heterocycles. The van der Waals surface area contributed by atoms with E-state index < -0.39 is 0 Å². The van der Waals surface area contributed by atoms with Crippen LogP contribution in [0.25, 0.3) is 10.1 Å². The Morgan fingerprint density at radius 2 is 2.21 bits per heavy atom. The molecule has 74 valence electrons. The maximum absolute atomic E-state index is 9.02. The SMILES string of the molecule is OCc1cc2c(S)c(CCl)ccc2s1. The van der Waals surface area contributed by atoms with E-state index in [0.717, 1.165) is 25.4 Å². The van der Waals surface area contributed by atoms with Crippen LogP contribution < -0.4 is 0 Å². The predicted octanol–water partition coefficient (Wildman–Crippen LogP) is 3.42. The van der Waals surface area contributed by atoms with E-state index in [4.69, 9.17) is 16.7 Å². The smallest absolute Gasteiger partial charge is 0.0774 e. The lowest BCUT2D eigenvalue weighted by Crippen LogP contribution is -1.80. The van der Waals surface area contributed by atoms with Crippen molar-refractivity contribution >= 4 is 45.7 Å². The van der Waals surface area contributed by atoms with E-state index in [9.17, 15) is 0 Å². The number of fused-ring (bicyclic) bond motifs is 1. The van der Waals surface area contributed by atoms with Crippen LogP contribution in [0.2, 0.25) is 0 Å². The number of halogens is 1. The lowest BCUT2D eigenvalue weighted by Gasteiger charge is -2.01. The predicted molar refractivity (Wildman–Crippen MR) is 64.6 cm³/mol. The Hall–Kier alpha value is -0.220. The van der Waals surface area contributed by atoms with Crippen molar-refractivity contribution in [3.63, 3.8) is 0 Å². The van der Waals surface area contributed by atoms with Gasteiger partial charge in [-0.2, -0.15) is 0 Å². The van der Waals surface area contributed by atoms with E-state index in [1.807, 2.05) is 18.2 Å². The van der Waals surface area contributed by atoms with Gasteiger partial charge in [0.15, 0.2) is 0 Å². The molecule has 1 aromatic heterocycles. The molecule has 0 fully saturated rings. The number of rotatable bonds is 2. The molecule has 2 rings (SSSR count). The van der Waals surface area contributed by atoms with Gasteiger partial charge >= 0.3 is 0 Å². The Bertz CT molecular complexity index is 464. The van der Waals surface area contributed by atoms with E-state index in [1.165, 1.54) is 0 Å². The van der Waals surface area contributed by atoms with Gasteiger partial charge in [-0.15, -0.1) is 35.6 Å². The van der Waals surface area contributed by atoms with E-state index >= 15 is 0 Å². The lowest BCUT2D eigenvalue weighted by atomic mass is 10.2. The zero-order chi connectivity index (χ0) is 10.1. The average molecular weight is 245 g/mol. The quantitative estimate of drug-likeness (QED) is 0.613. The summed E-state index contributed by atoms with van der Waals surface area (Å²) in [5.41, 5.74) is 1.03. The zero-order valence-corrected chi connectivity index (χ0v) is 9.79. The summed E-state index contributed by atoms with van der Waals surface area (Å²) in [6, 6.07) is 5.98. The molecular formula is C10H9ClOS2. The molecule has 0 saturated carbocycles. The van der Waals surface area contributed by atoms with Gasteiger partial charge in [-0.1, -0.05) is 6.07 Å². The molecule has 0 aliphatic rings. The topological polar surface area (TPSA) is 20.2 Å². The molecular weight excluding hydrogens is 236 g/mol. The lowest BCUT2D eigenvalue weighted by molar-refractivity contribution is 0.285. The standard InChI is InChI=1S/C10H9ClOS2/c11-4-6-1-2-9-8(10(6)13)3-7(5-12)14-9/h1-3,12-13H,4-5H2. The summed E-state index contributed by atoms with van der Waals surface area (Å²) in [6.45, 7) is 0.0861. The maximum atomic E-state index is 9.02. The molecule has 1 nitrogen and oxygen atoms in total. The van der Waals surface area contributed by atoms with Gasteiger partial charge in [-0.25, -0.2) is 0 Å². The molecule has 0 bridgehead atoms. The van der Waals surface area contributed by atoms with Gasteiger partial charge in [0.1, 0.15) is 0 Å². The molecule has 0 aliphatic carbocycles. The number of thiophene rings is 1. The minimum absolute atomic E-state index is 0.0861. The number of hydrogen-bond acceptors (Lipinski definition) is 3. The van der Waals surface area contributed by atoms with Crippen LogP contribution in [0.15, 0.2) is 23.1 Å². The molecule has 0 radical (unpaired) electrons. The minimum atomic E-state index is 0.0861. The van der Waals surface area contributed by atoms with Crippen molar-refractivity contribution in [2.45, 2.75) is 17.4 Å². The van der Waals surface area contributed by atoms with Crippen LogP contribution in [0.1, 0.15) is 10.4 Å². The van der Waals surface area contributed by atoms with Crippen molar-refractivity contribution in [1.29, 1.82) is 0 Å². The first-order chi connectivity index (χ1) is 6.76. The summed E-state index contributed by atoms with van der Waals surface area (Å²) in [6.07, 6.45) is 0. The third-order valence-corrected chi connectivity index (χ3v) is 4.01. The Balaban J connectivity index is 2.68. The van der Waals surface area contributed by atoms with Gasteiger partial charge in [-0.05, 0) is 17.7 Å². The molecule has 0 aliphatic heterocycles. The normalized spacial score (nSPS) is 11.1. The molecule has 0 spiro atoms. The number of alkyl halides is 1. The van der Waals surface area contributed by atoms with Gasteiger partial charge in [0.05, 0.1) is 6.61 Å². The summed E-state index contributed by atoms with van der Waals surface area (Å²) in [7, 11) is 0. The average Bonchev–Trinajstić information content (AvgIpc) is 2.62. The second kappa shape index (κ2) is 4.11. The fourth-order valence-electron chi connectivity index (χ4n) is 1.38. The second-order valence-corrected chi connectivity index (χ2v) is 4.87. The second-order valence-electron chi connectivity index (χ2n) is 2.99. The molecule has 1 heterocycles. The summed E-state index contributed by atoms with van der Waals surface area (Å²) in [4.78, 5) is 1.88. The number of aliphatic hydroxyl groups is 1. The summed E-state index contributed by atoms with van der Waals surface area (Å²) < 4.78 is 1.15. The molecule has 14 heavy (non-hydrogen) atoms. The Morgan fingerprint density at radius 3 is 2.86 bits per heavy atom. The fourth-order valence-corrected chi connectivity index (χ4v) is 3.04. The zero-order valence-electron chi connectivity index (χ0n) is 7.33. The van der Waals surface area contributed by atoms with E-state index in [1.54, 1.807) is 11.3 Å². The molecule has 4 heteroatoms. The largest absolute Gasteiger partial charge is 0.391 e. The van der Waals surface area contributed by atoms with Crippen LogP contribution in [0.5, 0.6) is 0 Å². The van der Waals surface area contributed by atoms with Crippen LogP contribution in [0.3, 0.4) is 0 Å². The molecule has 0 unspecified atom stereocenters. The van der Waals surface area contributed by atoms with Gasteiger partial charge in [-0.3, -0.25) is 0 Å². The molecule has 0 amide bonds. The highest BCUT2D eigenvalue weighted by Gasteiger charge is 2.07. The summed E-state index contributed by atoms with van der Waals surface area (Å²) >= 11 is 11.8. The van der Waals surface area contributed by atoms with E-state index in [-0.39, 0.29) is 6.61 Å². The van der Waals surface area contributed by atoms with Crippen LogP contribution in [0, 0.1) is 0 Å². The van der Waals surface area contributed by atoms with Crippen molar-refractivity contribution in [2.75, 3.05) is 0 Å². The summed E-state index contributed by atoms with van der Waals surface area (Å²) in [5.74, 6) is 0.471. The maximum Gasteiger partial charge on any atom is 0.0774 e. The van der Waals surface area contributed by atoms with Gasteiger partial charge in [0.2, 0.25) is 0 Å². The summed E-state index contributed by atoms with van der Waals surface area (Å²) in [5, 5.41) is 10.1. The first-order valence-electron chi connectivity index (χ1n) is 4.16. The van der Waals surface area contributed by atoms with Crippen LogP contribution in [-0.4, -0.2) is 5.11 Å². The fraction of sp³-hybridized carbons (Fsp3) is 0.200. The Kier molecular flexibility index (Phi) is 3.02. The minimum Gasteiger partial charge on any atom is -0.391 e. The molecule has 1 N–H and O–H groups in total. The number of hydrogen-bond donors (Lipinski definition) is 2. The third kappa shape index (κ3) is 1.65. The highest BCUT2D eigenvalue weighted by molar-refractivity contribution is 7.80. The van der Waals surface area contributed by atoms with Crippen molar-refractivity contribution in [3.05, 3.63) is 28.6 Å². The Morgan fingerprint density at radius 1 is 1.43 bits per heavy atom. The number of thiol groups is 1. The number of benzene rings is 1. The monoisotopic (exact) mass is 244 g/mol. The third-order valence-electron chi connectivity index (χ3n) is 2.11.